The highest BCUT2D eigenvalue weighted by Crippen LogP contribution is 1.64. The predicted octanol–water partition coefficient (Wildman–Crippen LogP) is -1.99. The molecule has 0 atom stereocenters. The van der Waals surface area contributed by atoms with Gasteiger partial charge in [-0.15, -0.1) is 0 Å². The lowest BCUT2D eigenvalue weighted by Crippen LogP contribution is -2.42. The number of hydrogen-bond donors (Lipinski definition) is 4. The highest BCUT2D eigenvalue weighted by atomic mass is 16.3. The molecule has 0 saturated carbocycles. The number of nitrogens with one attached hydrogen (secondary N) is 1. The van der Waals surface area contributed by atoms with Gasteiger partial charge in [0, 0.05) is 0 Å². The van der Waals surface area contributed by atoms with Gasteiger partial charge in [-0.05, 0) is 0 Å². The first-order chi connectivity index (χ1) is 3.18. The minimum Gasteiger partial charge on any atom is -0.375 e. The summed E-state index contributed by atoms with van der Waals surface area (Å²) in [5, 5.41) is 15.3. The SMILES string of the molecule is N=C(N)N(N)CO. The fourth-order valence-corrected chi connectivity index (χ4v) is 0.0762. The Labute approximate surface area is 41.0 Å². The van der Waals surface area contributed by atoms with Crippen molar-refractivity contribution in [3.8, 4) is 0 Å². The van der Waals surface area contributed by atoms with Crippen molar-refractivity contribution in [2.45, 2.75) is 0 Å². The molecule has 0 aliphatic rings. The molecule has 42 valence electrons. The van der Waals surface area contributed by atoms with Crippen LogP contribution in [0, 0.1) is 5.41 Å². The lowest BCUT2D eigenvalue weighted by atomic mass is 10.9. The summed E-state index contributed by atoms with van der Waals surface area (Å²) in [4.78, 5) is 0. The van der Waals surface area contributed by atoms with Gasteiger partial charge in [0.2, 0.25) is 5.96 Å². The zero-order valence-electron chi connectivity index (χ0n) is 3.76. The standard InChI is InChI=1S/C2H8N4O/c3-2(4)6(5)1-7/h7H,1,5H2,(H3,3,4). The highest BCUT2D eigenvalue weighted by Gasteiger charge is 1.92. The van der Waals surface area contributed by atoms with E-state index in [2.05, 4.69) is 0 Å². The van der Waals surface area contributed by atoms with Gasteiger partial charge in [-0.25, -0.2) is 5.84 Å². The summed E-state index contributed by atoms with van der Waals surface area (Å²) < 4.78 is 0. The molecule has 6 N–H and O–H groups in total. The van der Waals surface area contributed by atoms with Crippen LogP contribution >= 0.6 is 0 Å². The molecule has 0 amide bonds. The summed E-state index contributed by atoms with van der Waals surface area (Å²) in [6.45, 7) is -0.421. The number of hydrogen-bond acceptors (Lipinski definition) is 3. The molecule has 0 aromatic heterocycles. The van der Waals surface area contributed by atoms with Gasteiger partial charge in [0.05, 0.1) is 0 Å². The number of aliphatic hydroxyl groups is 1. The van der Waals surface area contributed by atoms with Crippen LogP contribution in [0.1, 0.15) is 0 Å². The van der Waals surface area contributed by atoms with E-state index in [1.54, 1.807) is 0 Å². The van der Waals surface area contributed by atoms with Crippen LogP contribution in [0.5, 0.6) is 0 Å². The number of aliphatic hydroxyl groups excluding tert-OH is 1. The summed E-state index contributed by atoms with van der Waals surface area (Å²) in [6.07, 6.45) is 0. The van der Waals surface area contributed by atoms with E-state index in [4.69, 9.17) is 22.1 Å². The summed E-state index contributed by atoms with van der Waals surface area (Å²) in [5.74, 6) is 4.50. The summed E-state index contributed by atoms with van der Waals surface area (Å²) in [7, 11) is 0. The third-order valence-electron chi connectivity index (χ3n) is 0.462. The van der Waals surface area contributed by atoms with Gasteiger partial charge in [0.1, 0.15) is 6.73 Å². The van der Waals surface area contributed by atoms with E-state index in [9.17, 15) is 0 Å². The van der Waals surface area contributed by atoms with Crippen LogP contribution in [0.25, 0.3) is 0 Å². The number of guanidine groups is 1. The molecule has 0 fully saturated rings. The van der Waals surface area contributed by atoms with Crippen LogP contribution in [-0.4, -0.2) is 22.8 Å². The minimum absolute atomic E-state index is 0.345. The maximum absolute atomic E-state index is 8.09. The van der Waals surface area contributed by atoms with E-state index in [1.807, 2.05) is 0 Å². The quantitative estimate of drug-likeness (QED) is 0.102. The largest absolute Gasteiger partial charge is 0.375 e. The van der Waals surface area contributed by atoms with E-state index in [0.717, 1.165) is 0 Å². The van der Waals surface area contributed by atoms with Crippen molar-refractivity contribution in [2.75, 3.05) is 6.73 Å². The molecule has 0 spiro atoms. The average molecular weight is 104 g/mol. The number of nitrogens with two attached hydrogens (primary N) is 2. The van der Waals surface area contributed by atoms with Crippen molar-refractivity contribution >= 4 is 5.96 Å². The van der Waals surface area contributed by atoms with E-state index in [-0.39, 0.29) is 5.96 Å². The summed E-state index contributed by atoms with van der Waals surface area (Å²) >= 11 is 0. The van der Waals surface area contributed by atoms with Crippen LogP contribution in [-0.2, 0) is 0 Å². The smallest absolute Gasteiger partial charge is 0.205 e. The second-order valence-corrected chi connectivity index (χ2v) is 0.996. The molecule has 0 rings (SSSR count). The fourth-order valence-electron chi connectivity index (χ4n) is 0.0762. The first-order valence-corrected chi connectivity index (χ1v) is 1.65. The topological polar surface area (TPSA) is 99.4 Å². The molecule has 0 aliphatic heterocycles. The lowest BCUT2D eigenvalue weighted by molar-refractivity contribution is 0.169. The van der Waals surface area contributed by atoms with Crippen molar-refractivity contribution in [3.05, 3.63) is 0 Å². The lowest BCUT2D eigenvalue weighted by Gasteiger charge is -2.09. The molecular formula is C2H8N4O. The highest BCUT2D eigenvalue weighted by molar-refractivity contribution is 5.73. The zero-order valence-corrected chi connectivity index (χ0v) is 3.76. The Morgan fingerprint density at radius 2 is 2.29 bits per heavy atom. The number of hydrazine groups is 1. The predicted molar refractivity (Wildman–Crippen MR) is 25.0 cm³/mol. The van der Waals surface area contributed by atoms with Crippen LogP contribution < -0.4 is 11.6 Å². The van der Waals surface area contributed by atoms with Crippen molar-refractivity contribution in [1.29, 1.82) is 5.41 Å². The third-order valence-corrected chi connectivity index (χ3v) is 0.462. The fraction of sp³-hybridized carbons (Fsp3) is 0.500. The van der Waals surface area contributed by atoms with Crippen LogP contribution in [0.15, 0.2) is 0 Å². The molecular weight excluding hydrogens is 96.0 g/mol. The van der Waals surface area contributed by atoms with Gasteiger partial charge in [-0.2, -0.15) is 0 Å². The summed E-state index contributed by atoms with van der Waals surface area (Å²) in [6, 6.07) is 0. The second-order valence-electron chi connectivity index (χ2n) is 0.996. The molecule has 0 bridgehead atoms. The van der Waals surface area contributed by atoms with E-state index >= 15 is 0 Å². The van der Waals surface area contributed by atoms with E-state index in [1.165, 1.54) is 0 Å². The van der Waals surface area contributed by atoms with Crippen molar-refractivity contribution in [1.82, 2.24) is 5.01 Å². The second kappa shape index (κ2) is 2.38. The monoisotopic (exact) mass is 104 g/mol. The Hall–Kier alpha value is -0.810. The Morgan fingerprint density at radius 1 is 1.86 bits per heavy atom. The maximum Gasteiger partial charge on any atom is 0.205 e. The Morgan fingerprint density at radius 3 is 2.29 bits per heavy atom. The molecule has 0 aromatic carbocycles. The van der Waals surface area contributed by atoms with Gasteiger partial charge < -0.3 is 10.8 Å². The minimum atomic E-state index is -0.421. The first kappa shape index (κ1) is 6.19. The van der Waals surface area contributed by atoms with E-state index < -0.39 is 6.73 Å². The van der Waals surface area contributed by atoms with Gasteiger partial charge in [0.15, 0.2) is 0 Å². The molecule has 0 aliphatic carbocycles. The van der Waals surface area contributed by atoms with Gasteiger partial charge in [-0.3, -0.25) is 10.4 Å². The molecule has 5 nitrogen and oxygen atoms in total. The molecule has 5 heteroatoms. The number of rotatable bonds is 1. The maximum atomic E-state index is 8.09. The Bertz CT molecular complexity index is 72.1. The third kappa shape index (κ3) is 1.96. The molecule has 0 radical (unpaired) electrons. The Balaban J connectivity index is 3.34. The molecule has 7 heavy (non-hydrogen) atoms. The zero-order chi connectivity index (χ0) is 5.86. The summed E-state index contributed by atoms with van der Waals surface area (Å²) in [5.41, 5.74) is 4.77. The van der Waals surface area contributed by atoms with Crippen molar-refractivity contribution < 1.29 is 5.11 Å². The average Bonchev–Trinajstić information content (AvgIpc) is 1.65. The van der Waals surface area contributed by atoms with Crippen LogP contribution in [0.2, 0.25) is 0 Å². The van der Waals surface area contributed by atoms with E-state index in [0.29, 0.717) is 5.01 Å². The normalized spacial score (nSPS) is 8.29. The molecule has 0 saturated heterocycles. The van der Waals surface area contributed by atoms with Crippen molar-refractivity contribution in [3.63, 3.8) is 0 Å². The van der Waals surface area contributed by atoms with Crippen LogP contribution in [0.3, 0.4) is 0 Å². The molecule has 0 aromatic rings. The Kier molecular flexibility index (Phi) is 2.10. The van der Waals surface area contributed by atoms with Crippen LogP contribution in [0.4, 0.5) is 0 Å². The van der Waals surface area contributed by atoms with Crippen molar-refractivity contribution in [2.24, 2.45) is 11.6 Å². The first-order valence-electron chi connectivity index (χ1n) is 1.65. The molecule has 0 heterocycles. The molecule has 0 unspecified atom stereocenters. The van der Waals surface area contributed by atoms with Gasteiger partial charge in [-0.1, -0.05) is 0 Å². The van der Waals surface area contributed by atoms with Gasteiger partial charge in [0.25, 0.3) is 0 Å². The number of nitrogens with zero attached hydrogens (tertiary/aromatic N) is 1. The van der Waals surface area contributed by atoms with Gasteiger partial charge >= 0.3 is 0 Å².